The number of aliphatic hydroxyl groups excluding tert-OH is 1. The molecule has 10 nitrogen and oxygen atoms in total. The molecule has 0 aromatic heterocycles. The molecular formula is C31H46N2O8. The zero-order valence-electron chi connectivity index (χ0n) is 24.6. The van der Waals surface area contributed by atoms with Crippen LogP contribution < -0.4 is 10.1 Å². The van der Waals surface area contributed by atoms with Crippen LogP contribution in [0.1, 0.15) is 89.5 Å². The van der Waals surface area contributed by atoms with E-state index >= 15 is 0 Å². The molecule has 1 amide bonds. The van der Waals surface area contributed by atoms with Crippen LogP contribution in [0.25, 0.3) is 0 Å². The van der Waals surface area contributed by atoms with Crippen LogP contribution in [-0.4, -0.2) is 54.1 Å². The van der Waals surface area contributed by atoms with Crippen molar-refractivity contribution in [3.63, 3.8) is 0 Å². The van der Waals surface area contributed by atoms with Gasteiger partial charge >= 0.3 is 11.7 Å². The molecule has 0 unspecified atom stereocenters. The summed E-state index contributed by atoms with van der Waals surface area (Å²) in [5.41, 5.74) is 0.274. The van der Waals surface area contributed by atoms with E-state index in [9.17, 15) is 29.6 Å². The van der Waals surface area contributed by atoms with Gasteiger partial charge in [0.15, 0.2) is 5.75 Å². The molecule has 0 radical (unpaired) electrons. The maximum Gasteiger partial charge on any atom is 0.328 e. The Labute approximate surface area is 243 Å². The number of nitrogens with zero attached hydrogens (tertiary/aromatic N) is 1. The van der Waals surface area contributed by atoms with Gasteiger partial charge < -0.3 is 19.9 Å². The van der Waals surface area contributed by atoms with Gasteiger partial charge in [-0.15, -0.1) is 0 Å². The highest BCUT2D eigenvalue weighted by Gasteiger charge is 2.32. The molecule has 0 saturated heterocycles. The molecule has 2 rings (SSSR count). The summed E-state index contributed by atoms with van der Waals surface area (Å²) in [4.78, 5) is 48.0. The van der Waals surface area contributed by atoms with E-state index in [1.54, 1.807) is 6.07 Å². The minimum atomic E-state index is -0.968. The summed E-state index contributed by atoms with van der Waals surface area (Å²) in [6.07, 6.45) is 13.2. The molecule has 1 aromatic carbocycles. The van der Waals surface area contributed by atoms with Gasteiger partial charge in [-0.3, -0.25) is 19.7 Å². The highest BCUT2D eigenvalue weighted by atomic mass is 16.6. The molecule has 2 N–H and O–H groups in total. The van der Waals surface area contributed by atoms with Gasteiger partial charge in [-0.25, -0.2) is 4.79 Å². The first kappa shape index (κ1) is 33.9. The zero-order chi connectivity index (χ0) is 30.2. The number of rotatable bonds is 19. The van der Waals surface area contributed by atoms with Gasteiger partial charge in [0.1, 0.15) is 11.8 Å². The lowest BCUT2D eigenvalue weighted by Crippen LogP contribution is -2.43. The molecule has 0 heterocycles. The van der Waals surface area contributed by atoms with Crippen molar-refractivity contribution in [2.24, 2.45) is 11.8 Å². The van der Waals surface area contributed by atoms with Crippen LogP contribution in [0.5, 0.6) is 5.75 Å². The van der Waals surface area contributed by atoms with Gasteiger partial charge in [0.25, 0.3) is 0 Å². The first-order valence-electron chi connectivity index (χ1n) is 14.8. The minimum Gasteiger partial charge on any atom is -0.490 e. The van der Waals surface area contributed by atoms with Crippen molar-refractivity contribution in [1.29, 1.82) is 0 Å². The van der Waals surface area contributed by atoms with Crippen molar-refractivity contribution in [1.82, 2.24) is 5.32 Å². The number of benzene rings is 1. The summed E-state index contributed by atoms with van der Waals surface area (Å²) >= 11 is 0. The van der Waals surface area contributed by atoms with Crippen LogP contribution in [0, 0.1) is 22.0 Å². The average Bonchev–Trinajstić information content (AvgIpc) is 3.31. The Bertz CT molecular complexity index is 1040. The number of esters is 1. The largest absolute Gasteiger partial charge is 0.490 e. The molecule has 1 aliphatic carbocycles. The second kappa shape index (κ2) is 18.2. The van der Waals surface area contributed by atoms with Crippen molar-refractivity contribution in [3.05, 3.63) is 46.0 Å². The third-order valence-corrected chi connectivity index (χ3v) is 7.71. The SMILES string of the molecule is CCCCC[C@H](O)/C=C/[C@@H]1CCC(=O)[C@@H]1CCCCCCC(=O)N[C@@H](Cc1ccc(OC)c([N+](=O)[O-])c1)C(=O)OC. The maximum absolute atomic E-state index is 12.6. The lowest BCUT2D eigenvalue weighted by Gasteiger charge is -2.17. The van der Waals surface area contributed by atoms with E-state index in [1.165, 1.54) is 26.4 Å². The molecule has 4 atom stereocenters. The number of Topliss-reactive ketones (excluding diaryl/α,β-unsaturated/α-hetero) is 1. The summed E-state index contributed by atoms with van der Waals surface area (Å²) < 4.78 is 9.84. The Morgan fingerprint density at radius 3 is 2.61 bits per heavy atom. The molecule has 41 heavy (non-hydrogen) atoms. The highest BCUT2D eigenvalue weighted by Crippen LogP contribution is 2.34. The quantitative estimate of drug-likeness (QED) is 0.0750. The number of ketones is 1. The molecule has 1 saturated carbocycles. The molecule has 1 aliphatic rings. The summed E-state index contributed by atoms with van der Waals surface area (Å²) in [5.74, 6) is -0.315. The Balaban J connectivity index is 1.76. The number of nitro benzene ring substituents is 1. The van der Waals surface area contributed by atoms with E-state index in [4.69, 9.17) is 9.47 Å². The van der Waals surface area contributed by atoms with Crippen LogP contribution in [0.2, 0.25) is 0 Å². The lowest BCUT2D eigenvalue weighted by molar-refractivity contribution is -0.385. The van der Waals surface area contributed by atoms with Crippen molar-refractivity contribution in [2.45, 2.75) is 103 Å². The smallest absolute Gasteiger partial charge is 0.328 e. The van der Waals surface area contributed by atoms with Crippen LogP contribution in [0.3, 0.4) is 0 Å². The van der Waals surface area contributed by atoms with Gasteiger partial charge in [-0.05, 0) is 43.2 Å². The Hall–Kier alpha value is -3.27. The maximum atomic E-state index is 12.6. The number of carbonyl (C=O) groups is 3. The third kappa shape index (κ3) is 11.6. The number of carbonyl (C=O) groups excluding carboxylic acids is 3. The van der Waals surface area contributed by atoms with Gasteiger partial charge in [0, 0.05) is 31.2 Å². The molecule has 228 valence electrons. The highest BCUT2D eigenvalue weighted by molar-refractivity contribution is 5.85. The molecular weight excluding hydrogens is 528 g/mol. The van der Waals surface area contributed by atoms with E-state index in [-0.39, 0.29) is 42.0 Å². The lowest BCUT2D eigenvalue weighted by atomic mass is 9.89. The van der Waals surface area contributed by atoms with Crippen LogP contribution in [0.4, 0.5) is 5.69 Å². The van der Waals surface area contributed by atoms with E-state index in [1.807, 2.05) is 12.2 Å². The fourth-order valence-electron chi connectivity index (χ4n) is 5.36. The number of hydrogen-bond acceptors (Lipinski definition) is 8. The van der Waals surface area contributed by atoms with E-state index in [2.05, 4.69) is 12.2 Å². The fraction of sp³-hybridized carbons (Fsp3) is 0.645. The molecule has 0 bridgehead atoms. The number of nitrogens with one attached hydrogen (secondary N) is 1. The van der Waals surface area contributed by atoms with Crippen LogP contribution in [0.15, 0.2) is 30.4 Å². The minimum absolute atomic E-state index is 0.00647. The van der Waals surface area contributed by atoms with Crippen molar-refractivity contribution < 1.29 is 33.9 Å². The van der Waals surface area contributed by atoms with Crippen molar-refractivity contribution >= 4 is 23.3 Å². The summed E-state index contributed by atoms with van der Waals surface area (Å²) in [5, 5.41) is 24.2. The second-order valence-corrected chi connectivity index (χ2v) is 10.8. The summed E-state index contributed by atoms with van der Waals surface area (Å²) in [6, 6.07) is 3.42. The number of allylic oxidation sites excluding steroid dienone is 1. The van der Waals surface area contributed by atoms with Crippen molar-refractivity contribution in [3.8, 4) is 5.75 Å². The molecule has 1 fully saturated rings. The normalized spacial score (nSPS) is 18.3. The Kier molecular flexibility index (Phi) is 15.1. The molecule has 0 spiro atoms. The molecule has 1 aromatic rings. The van der Waals surface area contributed by atoms with E-state index in [0.717, 1.165) is 57.8 Å². The predicted octanol–water partition coefficient (Wildman–Crippen LogP) is 5.24. The zero-order valence-corrected chi connectivity index (χ0v) is 24.6. The first-order valence-corrected chi connectivity index (χ1v) is 14.8. The summed E-state index contributed by atoms with van der Waals surface area (Å²) in [6.45, 7) is 2.13. The number of unbranched alkanes of at least 4 members (excludes halogenated alkanes) is 5. The molecule has 0 aliphatic heterocycles. The first-order chi connectivity index (χ1) is 19.7. The third-order valence-electron chi connectivity index (χ3n) is 7.71. The van der Waals surface area contributed by atoms with Gasteiger partial charge in [0.05, 0.1) is 25.2 Å². The van der Waals surface area contributed by atoms with Crippen molar-refractivity contribution in [2.75, 3.05) is 14.2 Å². The topological polar surface area (TPSA) is 145 Å². The Morgan fingerprint density at radius 2 is 1.93 bits per heavy atom. The number of aliphatic hydroxyl groups is 1. The molecule has 10 heteroatoms. The van der Waals surface area contributed by atoms with Gasteiger partial charge in [-0.2, -0.15) is 0 Å². The average molecular weight is 575 g/mol. The van der Waals surface area contributed by atoms with Crippen LogP contribution in [-0.2, 0) is 25.5 Å². The van der Waals surface area contributed by atoms with Gasteiger partial charge in [0.2, 0.25) is 5.91 Å². The monoisotopic (exact) mass is 574 g/mol. The second-order valence-electron chi connectivity index (χ2n) is 10.8. The standard InChI is InChI=1S/C31H46N2O8/c1-4-5-8-11-24(34)17-15-23-16-18-28(35)25(23)12-9-6-7-10-13-30(36)32-26(31(37)41-3)20-22-14-19-29(40-2)27(21-22)33(38)39/h14-15,17,19,21,23-26,34H,4-13,16,18,20H2,1-3H3,(H,32,36)/b17-15+/t23-,24+,25-,26+/m1/s1. The van der Waals surface area contributed by atoms with Crippen LogP contribution >= 0.6 is 0 Å². The summed E-state index contributed by atoms with van der Waals surface area (Å²) in [7, 11) is 2.56. The fourth-order valence-corrected chi connectivity index (χ4v) is 5.36. The number of hydrogen-bond donors (Lipinski definition) is 2. The number of nitro groups is 1. The number of methoxy groups -OCH3 is 2. The predicted molar refractivity (Wildman–Crippen MR) is 156 cm³/mol. The number of amides is 1. The van der Waals surface area contributed by atoms with E-state index in [0.29, 0.717) is 24.2 Å². The number of ether oxygens (including phenoxy) is 2. The van der Waals surface area contributed by atoms with Gasteiger partial charge in [-0.1, -0.05) is 63.7 Å². The Morgan fingerprint density at radius 1 is 1.17 bits per heavy atom. The van der Waals surface area contributed by atoms with E-state index < -0.39 is 23.0 Å².